The summed E-state index contributed by atoms with van der Waals surface area (Å²) in [5.74, 6) is -0.778. The van der Waals surface area contributed by atoms with Gasteiger partial charge in [0.15, 0.2) is 5.69 Å². The van der Waals surface area contributed by atoms with E-state index in [4.69, 9.17) is 11.0 Å². The average molecular weight is 237 g/mol. The van der Waals surface area contributed by atoms with Crippen LogP contribution in [0.3, 0.4) is 0 Å². The van der Waals surface area contributed by atoms with Gasteiger partial charge in [0.25, 0.3) is 6.43 Å². The van der Waals surface area contributed by atoms with Gasteiger partial charge >= 0.3 is 6.18 Å². The molecule has 0 radical (unpaired) electrons. The van der Waals surface area contributed by atoms with Crippen LogP contribution in [0.1, 0.15) is 23.2 Å². The Kier molecular flexibility index (Phi) is 2.98. The number of alkyl halides is 5. The van der Waals surface area contributed by atoms with Crippen molar-refractivity contribution >= 4 is 5.82 Å². The molecule has 16 heavy (non-hydrogen) atoms. The van der Waals surface area contributed by atoms with Crippen molar-refractivity contribution in [2.24, 2.45) is 0 Å². The van der Waals surface area contributed by atoms with E-state index < -0.39 is 35.2 Å². The van der Waals surface area contributed by atoms with Crippen LogP contribution in [0.15, 0.2) is 6.07 Å². The second-order valence-corrected chi connectivity index (χ2v) is 2.77. The van der Waals surface area contributed by atoms with Gasteiger partial charge in [0.05, 0.1) is 11.1 Å². The molecule has 3 nitrogen and oxygen atoms in total. The molecule has 0 aliphatic heterocycles. The maximum Gasteiger partial charge on any atom is 0.419 e. The third-order valence-electron chi connectivity index (χ3n) is 1.73. The minimum absolute atomic E-state index is 0.144. The second-order valence-electron chi connectivity index (χ2n) is 2.77. The maximum atomic E-state index is 12.3. The van der Waals surface area contributed by atoms with E-state index >= 15 is 0 Å². The predicted molar refractivity (Wildman–Crippen MR) is 43.3 cm³/mol. The molecule has 8 heteroatoms. The Morgan fingerprint density at radius 1 is 1.38 bits per heavy atom. The highest BCUT2D eigenvalue weighted by atomic mass is 19.4. The number of nitrogens with zero attached hydrogens (tertiary/aromatic N) is 2. The highest BCUT2D eigenvalue weighted by Gasteiger charge is 2.36. The van der Waals surface area contributed by atoms with E-state index in [0.29, 0.717) is 0 Å². The Labute approximate surface area is 86.3 Å². The van der Waals surface area contributed by atoms with E-state index in [2.05, 4.69) is 4.98 Å². The number of pyridine rings is 1. The lowest BCUT2D eigenvalue weighted by atomic mass is 10.1. The molecule has 2 N–H and O–H groups in total. The van der Waals surface area contributed by atoms with Crippen molar-refractivity contribution in [1.29, 1.82) is 5.26 Å². The molecule has 1 rings (SSSR count). The summed E-state index contributed by atoms with van der Waals surface area (Å²) >= 11 is 0. The van der Waals surface area contributed by atoms with E-state index in [-0.39, 0.29) is 6.07 Å². The fourth-order valence-electron chi connectivity index (χ4n) is 1.02. The second kappa shape index (κ2) is 3.92. The summed E-state index contributed by atoms with van der Waals surface area (Å²) in [4.78, 5) is 3.00. The Morgan fingerprint density at radius 3 is 2.31 bits per heavy atom. The van der Waals surface area contributed by atoms with Crippen molar-refractivity contribution in [3.63, 3.8) is 0 Å². The van der Waals surface area contributed by atoms with Gasteiger partial charge in [-0.05, 0) is 6.07 Å². The molecule has 0 aliphatic rings. The molecule has 1 heterocycles. The topological polar surface area (TPSA) is 62.7 Å². The summed E-state index contributed by atoms with van der Waals surface area (Å²) in [6.45, 7) is 0. The van der Waals surface area contributed by atoms with Gasteiger partial charge in [-0.3, -0.25) is 0 Å². The maximum absolute atomic E-state index is 12.3. The summed E-state index contributed by atoms with van der Waals surface area (Å²) in [6.07, 6.45) is -8.10. The van der Waals surface area contributed by atoms with Crippen LogP contribution in [0.5, 0.6) is 0 Å². The number of nitrogens with two attached hydrogens (primary N) is 1. The minimum atomic E-state index is -4.92. The molecule has 0 saturated carbocycles. The number of hydrogen-bond donors (Lipinski definition) is 1. The zero-order valence-electron chi connectivity index (χ0n) is 7.52. The molecule has 0 unspecified atom stereocenters. The van der Waals surface area contributed by atoms with Crippen LogP contribution in [0.2, 0.25) is 0 Å². The lowest BCUT2D eigenvalue weighted by molar-refractivity contribution is -0.138. The van der Waals surface area contributed by atoms with Gasteiger partial charge in [-0.25, -0.2) is 13.8 Å². The highest BCUT2D eigenvalue weighted by Crippen LogP contribution is 2.35. The van der Waals surface area contributed by atoms with Gasteiger partial charge < -0.3 is 5.73 Å². The standard InChI is InChI=1S/C8H4F5N3/c9-6(10)3-1-4(8(11,12)13)5(2-14)16-7(3)15/h1,6H,(H2,15,16). The third-order valence-corrected chi connectivity index (χ3v) is 1.73. The predicted octanol–water partition coefficient (Wildman–Crippen LogP) is 2.49. The van der Waals surface area contributed by atoms with Gasteiger partial charge in [0.1, 0.15) is 11.9 Å². The summed E-state index contributed by atoms with van der Waals surface area (Å²) in [5.41, 5.74) is 1.43. The molecule has 0 atom stereocenters. The smallest absolute Gasteiger partial charge is 0.383 e. The molecule has 0 bridgehead atoms. The van der Waals surface area contributed by atoms with Gasteiger partial charge in [-0.2, -0.15) is 18.4 Å². The zero-order chi connectivity index (χ0) is 12.5. The first kappa shape index (κ1) is 12.2. The first-order valence-corrected chi connectivity index (χ1v) is 3.83. The number of aromatic nitrogens is 1. The first-order valence-electron chi connectivity index (χ1n) is 3.83. The van der Waals surface area contributed by atoms with Gasteiger partial charge in [0, 0.05) is 0 Å². The van der Waals surface area contributed by atoms with Crippen LogP contribution in [0, 0.1) is 11.3 Å². The molecule has 0 aromatic carbocycles. The number of nitriles is 1. The fraction of sp³-hybridized carbons (Fsp3) is 0.250. The van der Waals surface area contributed by atoms with E-state index in [9.17, 15) is 22.0 Å². The number of rotatable bonds is 1. The van der Waals surface area contributed by atoms with E-state index in [1.165, 1.54) is 0 Å². The molecule has 86 valence electrons. The Hall–Kier alpha value is -1.91. The van der Waals surface area contributed by atoms with Crippen molar-refractivity contribution < 1.29 is 22.0 Å². The van der Waals surface area contributed by atoms with Crippen molar-refractivity contribution in [3.05, 3.63) is 22.9 Å². The minimum Gasteiger partial charge on any atom is -0.383 e. The molecular formula is C8H4F5N3. The average Bonchev–Trinajstić information content (AvgIpc) is 2.14. The number of nitrogen functional groups attached to an aromatic ring is 1. The molecule has 1 aromatic heterocycles. The number of halogens is 5. The van der Waals surface area contributed by atoms with Crippen molar-refractivity contribution in [2.45, 2.75) is 12.6 Å². The normalized spacial score (nSPS) is 11.6. The Morgan fingerprint density at radius 2 is 1.94 bits per heavy atom. The molecule has 1 aromatic rings. The SMILES string of the molecule is N#Cc1nc(N)c(C(F)F)cc1C(F)(F)F. The lowest BCUT2D eigenvalue weighted by Gasteiger charge is -2.11. The lowest BCUT2D eigenvalue weighted by Crippen LogP contribution is -2.12. The third kappa shape index (κ3) is 2.18. The Balaban J connectivity index is 3.49. The van der Waals surface area contributed by atoms with Crippen LogP contribution >= 0.6 is 0 Å². The molecule has 0 aliphatic carbocycles. The summed E-state index contributed by atoms with van der Waals surface area (Å²) in [6, 6.07) is 1.30. The van der Waals surface area contributed by atoms with Gasteiger partial charge in [-0.15, -0.1) is 0 Å². The summed E-state index contributed by atoms with van der Waals surface area (Å²) in [7, 11) is 0. The van der Waals surface area contributed by atoms with Crippen molar-refractivity contribution in [2.75, 3.05) is 5.73 Å². The first-order chi connectivity index (χ1) is 7.27. The molecule has 0 spiro atoms. The van der Waals surface area contributed by atoms with Crippen molar-refractivity contribution in [3.8, 4) is 6.07 Å². The van der Waals surface area contributed by atoms with Crippen LogP contribution < -0.4 is 5.73 Å². The molecular weight excluding hydrogens is 233 g/mol. The largest absolute Gasteiger partial charge is 0.419 e. The van der Waals surface area contributed by atoms with Crippen LogP contribution in [-0.2, 0) is 6.18 Å². The quantitative estimate of drug-likeness (QED) is 0.763. The zero-order valence-corrected chi connectivity index (χ0v) is 7.52. The van der Waals surface area contributed by atoms with Crippen LogP contribution in [0.4, 0.5) is 27.8 Å². The Bertz CT molecular complexity index is 446. The molecule has 0 fully saturated rings. The number of hydrogen-bond acceptors (Lipinski definition) is 3. The molecule has 0 saturated heterocycles. The van der Waals surface area contributed by atoms with Gasteiger partial charge in [0.2, 0.25) is 0 Å². The molecule has 0 amide bonds. The summed E-state index contributed by atoms with van der Waals surface area (Å²) < 4.78 is 61.5. The van der Waals surface area contributed by atoms with E-state index in [1.807, 2.05) is 0 Å². The summed E-state index contributed by atoms with van der Waals surface area (Å²) in [5, 5.41) is 8.38. The van der Waals surface area contributed by atoms with Gasteiger partial charge in [-0.1, -0.05) is 0 Å². The van der Waals surface area contributed by atoms with Crippen LogP contribution in [-0.4, -0.2) is 4.98 Å². The van der Waals surface area contributed by atoms with E-state index in [1.54, 1.807) is 0 Å². The monoisotopic (exact) mass is 237 g/mol. The fourth-order valence-corrected chi connectivity index (χ4v) is 1.02. The van der Waals surface area contributed by atoms with Crippen molar-refractivity contribution in [1.82, 2.24) is 4.98 Å². The highest BCUT2D eigenvalue weighted by molar-refractivity contribution is 5.48. The van der Waals surface area contributed by atoms with E-state index in [0.717, 1.165) is 6.07 Å². The number of anilines is 1. The van der Waals surface area contributed by atoms with Crippen LogP contribution in [0.25, 0.3) is 0 Å².